The van der Waals surface area contributed by atoms with Crippen LogP contribution in [-0.4, -0.2) is 75.1 Å². The highest BCUT2D eigenvalue weighted by molar-refractivity contribution is 5.93. The number of hydrogen-bond acceptors (Lipinski definition) is 7. The van der Waals surface area contributed by atoms with Crippen molar-refractivity contribution in [3.05, 3.63) is 53.2 Å². The summed E-state index contributed by atoms with van der Waals surface area (Å²) in [4.78, 5) is 19.3. The average molecular weight is 568 g/mol. The van der Waals surface area contributed by atoms with Crippen molar-refractivity contribution >= 4 is 11.6 Å². The van der Waals surface area contributed by atoms with Gasteiger partial charge in [-0.1, -0.05) is 43.7 Å². The predicted octanol–water partition coefficient (Wildman–Crippen LogP) is 6.05. The number of piperidine rings is 1. The number of anilines is 1. The van der Waals surface area contributed by atoms with Crippen LogP contribution >= 0.6 is 0 Å². The van der Waals surface area contributed by atoms with Crippen molar-refractivity contribution in [2.24, 2.45) is 11.8 Å². The van der Waals surface area contributed by atoms with Crippen molar-refractivity contribution in [3.8, 4) is 5.88 Å². The van der Waals surface area contributed by atoms with Gasteiger partial charge in [-0.3, -0.25) is 4.79 Å². The number of aromatic nitrogens is 1. The third-order valence-corrected chi connectivity index (χ3v) is 8.57. The summed E-state index contributed by atoms with van der Waals surface area (Å²) in [5.74, 6) is 1.77. The van der Waals surface area contributed by atoms with Gasteiger partial charge >= 0.3 is 0 Å². The average Bonchev–Trinajstić information content (AvgIpc) is 3.01. The minimum Gasteiger partial charge on any atom is -0.481 e. The van der Waals surface area contributed by atoms with Crippen molar-refractivity contribution in [3.63, 3.8) is 0 Å². The molecular formula is C33H49N3O5. The molecule has 3 saturated heterocycles. The summed E-state index contributed by atoms with van der Waals surface area (Å²) in [5.41, 5.74) is 3.78. The fraction of sp³-hybridized carbons (Fsp3) is 0.636. The molecule has 8 heteroatoms. The first-order chi connectivity index (χ1) is 19.9. The van der Waals surface area contributed by atoms with Crippen LogP contribution in [0.4, 0.5) is 5.69 Å². The van der Waals surface area contributed by atoms with Crippen LogP contribution in [0.3, 0.4) is 0 Å². The number of aryl methyl sites for hydroxylation is 1. The monoisotopic (exact) mass is 567 g/mol. The molecule has 0 saturated carbocycles. The lowest BCUT2D eigenvalue weighted by atomic mass is 9.97. The fourth-order valence-corrected chi connectivity index (χ4v) is 5.62. The molecule has 1 amide bonds. The quantitative estimate of drug-likeness (QED) is 0.436. The largest absolute Gasteiger partial charge is 0.481 e. The van der Waals surface area contributed by atoms with Gasteiger partial charge in [-0.15, -0.1) is 0 Å². The summed E-state index contributed by atoms with van der Waals surface area (Å²) in [6.45, 7) is 10.5. The number of amides is 1. The summed E-state index contributed by atoms with van der Waals surface area (Å²) >= 11 is 0. The van der Waals surface area contributed by atoms with Gasteiger partial charge in [0.25, 0.3) is 5.91 Å². The molecule has 5 rings (SSSR count). The van der Waals surface area contributed by atoms with E-state index in [0.717, 1.165) is 70.5 Å². The Balaban J connectivity index is 0.000000367. The zero-order valence-corrected chi connectivity index (χ0v) is 25.6. The highest BCUT2D eigenvalue weighted by atomic mass is 16.5. The van der Waals surface area contributed by atoms with Crippen molar-refractivity contribution in [2.75, 3.05) is 52.4 Å². The molecule has 0 bridgehead atoms. The number of ether oxygens (including phenoxy) is 4. The highest BCUT2D eigenvalue weighted by Crippen LogP contribution is 2.32. The topological polar surface area (TPSA) is 82.2 Å². The van der Waals surface area contributed by atoms with E-state index in [1.54, 1.807) is 14.2 Å². The molecule has 8 nitrogen and oxygen atoms in total. The van der Waals surface area contributed by atoms with Crippen LogP contribution in [0.15, 0.2) is 36.4 Å². The summed E-state index contributed by atoms with van der Waals surface area (Å²) in [6.07, 6.45) is 7.03. The molecule has 1 aromatic carbocycles. The number of nitrogens with one attached hydrogen (secondary N) is 1. The Kier molecular flexibility index (Phi) is 11.8. The number of rotatable bonds is 7. The molecule has 3 aliphatic rings. The van der Waals surface area contributed by atoms with Gasteiger partial charge in [-0.05, 0) is 68.9 Å². The van der Waals surface area contributed by atoms with Gasteiger partial charge in [-0.25, -0.2) is 4.98 Å². The minimum atomic E-state index is -0.0211. The summed E-state index contributed by atoms with van der Waals surface area (Å²) < 4.78 is 22.2. The fourth-order valence-electron chi connectivity index (χ4n) is 5.62. The van der Waals surface area contributed by atoms with Crippen LogP contribution in [0.2, 0.25) is 0 Å². The first kappa shape index (κ1) is 31.3. The Morgan fingerprint density at radius 1 is 1.05 bits per heavy atom. The van der Waals surface area contributed by atoms with E-state index < -0.39 is 0 Å². The summed E-state index contributed by atoms with van der Waals surface area (Å²) in [7, 11) is 3.33. The van der Waals surface area contributed by atoms with Crippen molar-refractivity contribution in [1.29, 1.82) is 0 Å². The molecule has 4 heterocycles. The normalized spacial score (nSPS) is 25.1. The molecule has 226 valence electrons. The molecule has 3 fully saturated rings. The van der Waals surface area contributed by atoms with Crippen molar-refractivity contribution in [1.82, 2.24) is 9.88 Å². The molecule has 1 N–H and O–H groups in total. The van der Waals surface area contributed by atoms with E-state index in [1.807, 2.05) is 17.0 Å². The highest BCUT2D eigenvalue weighted by Gasteiger charge is 2.25. The van der Waals surface area contributed by atoms with Crippen molar-refractivity contribution < 1.29 is 23.7 Å². The Bertz CT molecular complexity index is 1090. The minimum absolute atomic E-state index is 0.0211. The number of nitrogens with zero attached hydrogens (tertiary/aromatic N) is 2. The SMILES string of the molecule is COC1COCC[C@@H]1C.COc1cc(NC[C@H]2CCC[C@@H](c3ccc(C)cc3)O2)cc(C(=O)N2CCC(C)CC2)n1. The van der Waals surface area contributed by atoms with E-state index in [2.05, 4.69) is 55.3 Å². The lowest BCUT2D eigenvalue weighted by Crippen LogP contribution is -2.38. The number of benzene rings is 1. The van der Waals surface area contributed by atoms with E-state index in [4.69, 9.17) is 18.9 Å². The van der Waals surface area contributed by atoms with E-state index in [1.165, 1.54) is 11.1 Å². The van der Waals surface area contributed by atoms with E-state index in [0.29, 0.717) is 36.1 Å². The second-order valence-electron chi connectivity index (χ2n) is 11.8. The Hall–Kier alpha value is -2.68. The van der Waals surface area contributed by atoms with Crippen LogP contribution in [-0.2, 0) is 14.2 Å². The van der Waals surface area contributed by atoms with Gasteiger partial charge in [0.1, 0.15) is 5.69 Å². The first-order valence-electron chi connectivity index (χ1n) is 15.3. The summed E-state index contributed by atoms with van der Waals surface area (Å²) in [5, 5.41) is 3.46. The molecule has 1 unspecified atom stereocenters. The third-order valence-electron chi connectivity index (χ3n) is 8.57. The van der Waals surface area contributed by atoms with Crippen molar-refractivity contribution in [2.45, 2.75) is 77.6 Å². The van der Waals surface area contributed by atoms with E-state index in [-0.39, 0.29) is 18.1 Å². The summed E-state index contributed by atoms with van der Waals surface area (Å²) in [6, 6.07) is 12.3. The molecule has 4 atom stereocenters. The van der Waals surface area contributed by atoms with Gasteiger partial charge in [0.15, 0.2) is 0 Å². The van der Waals surface area contributed by atoms with Crippen LogP contribution < -0.4 is 10.1 Å². The molecule has 0 radical (unpaired) electrons. The van der Waals surface area contributed by atoms with E-state index in [9.17, 15) is 4.79 Å². The first-order valence-corrected chi connectivity index (χ1v) is 15.3. The maximum absolute atomic E-state index is 13.0. The molecule has 3 aliphatic heterocycles. The Labute approximate surface area is 246 Å². The van der Waals surface area contributed by atoms with Gasteiger partial charge in [0.05, 0.1) is 32.0 Å². The van der Waals surface area contributed by atoms with Crippen LogP contribution in [0.1, 0.15) is 80.1 Å². The number of carbonyl (C=O) groups is 1. The van der Waals surface area contributed by atoms with Gasteiger partial charge < -0.3 is 29.2 Å². The van der Waals surface area contributed by atoms with Crippen LogP contribution in [0.5, 0.6) is 5.88 Å². The standard InChI is InChI=1S/C26H35N3O3.C7H14O2/c1-18-7-9-20(10-8-18)24-6-4-5-22(32-24)17-27-21-15-23(28-25(16-21)31-3)26(30)29-13-11-19(2)12-14-29;1-6-3-4-9-5-7(6)8-2/h7-10,15-16,19,22,24H,4-6,11-14,17H2,1-3H3,(H,27,28);6-7H,3-5H2,1-2H3/t22-,24+;6-,7?/m10/s1. The van der Waals surface area contributed by atoms with Gasteiger partial charge in [0.2, 0.25) is 5.88 Å². The number of hydrogen-bond donors (Lipinski definition) is 1. The number of likely N-dealkylation sites (tertiary alicyclic amines) is 1. The third kappa shape index (κ3) is 9.15. The number of methoxy groups -OCH3 is 2. The van der Waals surface area contributed by atoms with Gasteiger partial charge in [-0.2, -0.15) is 0 Å². The number of pyridine rings is 1. The maximum atomic E-state index is 13.0. The lowest BCUT2D eigenvalue weighted by molar-refractivity contribution is -0.0600. The molecule has 2 aromatic rings. The smallest absolute Gasteiger partial charge is 0.272 e. The molecule has 0 aliphatic carbocycles. The molecular weight excluding hydrogens is 518 g/mol. The zero-order valence-electron chi connectivity index (χ0n) is 25.6. The molecule has 1 aromatic heterocycles. The van der Waals surface area contributed by atoms with Crippen LogP contribution in [0, 0.1) is 18.8 Å². The number of carbonyl (C=O) groups excluding carboxylic acids is 1. The lowest BCUT2D eigenvalue weighted by Gasteiger charge is -2.31. The van der Waals surface area contributed by atoms with E-state index >= 15 is 0 Å². The Morgan fingerprint density at radius 2 is 1.80 bits per heavy atom. The Morgan fingerprint density at radius 3 is 2.46 bits per heavy atom. The zero-order chi connectivity index (χ0) is 29.2. The second kappa shape index (κ2) is 15.5. The maximum Gasteiger partial charge on any atom is 0.272 e. The predicted molar refractivity (Wildman–Crippen MR) is 162 cm³/mol. The second-order valence-corrected chi connectivity index (χ2v) is 11.8. The molecule has 0 spiro atoms. The molecule has 41 heavy (non-hydrogen) atoms. The van der Waals surface area contributed by atoms with Gasteiger partial charge in [0, 0.05) is 45.1 Å². The van der Waals surface area contributed by atoms with Crippen LogP contribution in [0.25, 0.3) is 0 Å².